The molecular formula is C17H24N2O4. The maximum absolute atomic E-state index is 12.0. The van der Waals surface area contributed by atoms with Gasteiger partial charge in [-0.05, 0) is 57.5 Å². The van der Waals surface area contributed by atoms with Crippen LogP contribution in [0, 0.1) is 0 Å². The number of carbonyl (C=O) groups is 2. The number of aliphatic hydroxyl groups is 1. The Kier molecular flexibility index (Phi) is 6.12. The Labute approximate surface area is 136 Å². The molecule has 0 aliphatic carbocycles. The third-order valence-corrected chi connectivity index (χ3v) is 3.59. The van der Waals surface area contributed by atoms with E-state index in [1.165, 1.54) is 0 Å². The van der Waals surface area contributed by atoms with Crippen molar-refractivity contribution in [3.63, 3.8) is 0 Å². The van der Waals surface area contributed by atoms with E-state index in [0.717, 1.165) is 19.4 Å². The smallest absolute Gasteiger partial charge is 0.338 e. The van der Waals surface area contributed by atoms with E-state index >= 15 is 0 Å². The molecule has 1 amide bonds. The first-order chi connectivity index (χ1) is 10.9. The van der Waals surface area contributed by atoms with Gasteiger partial charge in [0.25, 0.3) is 0 Å². The van der Waals surface area contributed by atoms with Crippen LogP contribution in [-0.2, 0) is 9.53 Å². The molecule has 1 fully saturated rings. The number of amides is 1. The zero-order valence-corrected chi connectivity index (χ0v) is 13.6. The molecule has 0 radical (unpaired) electrons. The number of rotatable bonds is 5. The number of hydrogen-bond acceptors (Lipinski definition) is 5. The second-order valence-corrected chi connectivity index (χ2v) is 6.11. The number of hydrogen-bond donors (Lipinski definition) is 2. The minimum Gasteiger partial charge on any atom is -0.459 e. The summed E-state index contributed by atoms with van der Waals surface area (Å²) in [4.78, 5) is 25.7. The molecule has 1 saturated heterocycles. The van der Waals surface area contributed by atoms with Gasteiger partial charge in [-0.15, -0.1) is 0 Å². The number of likely N-dealkylation sites (tertiary alicyclic amines) is 1. The highest BCUT2D eigenvalue weighted by atomic mass is 16.5. The Morgan fingerprint density at radius 2 is 2.04 bits per heavy atom. The van der Waals surface area contributed by atoms with Crippen molar-refractivity contribution >= 4 is 17.6 Å². The van der Waals surface area contributed by atoms with Crippen molar-refractivity contribution in [2.75, 3.05) is 25.0 Å². The van der Waals surface area contributed by atoms with E-state index in [1.807, 2.05) is 4.90 Å². The van der Waals surface area contributed by atoms with Crippen molar-refractivity contribution in [2.45, 2.75) is 38.9 Å². The molecule has 0 spiro atoms. The Morgan fingerprint density at radius 1 is 1.35 bits per heavy atom. The topological polar surface area (TPSA) is 78.9 Å². The van der Waals surface area contributed by atoms with Gasteiger partial charge in [-0.1, -0.05) is 0 Å². The molecule has 0 saturated carbocycles. The molecular weight excluding hydrogens is 296 g/mol. The van der Waals surface area contributed by atoms with Crippen molar-refractivity contribution in [2.24, 2.45) is 0 Å². The first-order valence-electron chi connectivity index (χ1n) is 7.95. The largest absolute Gasteiger partial charge is 0.459 e. The number of aliphatic hydroxyl groups excluding tert-OH is 1. The van der Waals surface area contributed by atoms with Gasteiger partial charge < -0.3 is 15.2 Å². The average Bonchev–Trinajstić information content (AvgIpc) is 2.47. The minimum absolute atomic E-state index is 0.128. The van der Waals surface area contributed by atoms with Gasteiger partial charge in [0.2, 0.25) is 5.91 Å². The summed E-state index contributed by atoms with van der Waals surface area (Å²) in [7, 11) is 0. The molecule has 126 valence electrons. The van der Waals surface area contributed by atoms with Crippen molar-refractivity contribution in [1.29, 1.82) is 0 Å². The summed E-state index contributed by atoms with van der Waals surface area (Å²) in [6.07, 6.45) is 1.19. The van der Waals surface area contributed by atoms with Crippen LogP contribution in [0.15, 0.2) is 24.3 Å². The predicted octanol–water partition coefficient (Wildman–Crippen LogP) is 1.65. The quantitative estimate of drug-likeness (QED) is 0.807. The molecule has 0 unspecified atom stereocenters. The zero-order chi connectivity index (χ0) is 16.8. The van der Waals surface area contributed by atoms with Gasteiger partial charge in [-0.25, -0.2) is 4.79 Å². The average molecular weight is 320 g/mol. The highest BCUT2D eigenvalue weighted by Gasteiger charge is 2.19. The van der Waals surface area contributed by atoms with Crippen LogP contribution < -0.4 is 5.32 Å². The minimum atomic E-state index is -0.375. The number of ether oxygens (including phenoxy) is 1. The van der Waals surface area contributed by atoms with Gasteiger partial charge in [0, 0.05) is 12.2 Å². The number of β-amino-alcohol motifs (C(OH)–C–C–N with tert-alkyl or cyclic N) is 1. The van der Waals surface area contributed by atoms with Gasteiger partial charge in [0.1, 0.15) is 0 Å². The number of carbonyl (C=O) groups excluding carboxylic acids is 2. The van der Waals surface area contributed by atoms with Crippen LogP contribution in [-0.4, -0.2) is 53.7 Å². The Bertz CT molecular complexity index is 542. The number of benzene rings is 1. The second kappa shape index (κ2) is 8.08. The van der Waals surface area contributed by atoms with E-state index in [4.69, 9.17) is 4.74 Å². The molecule has 0 bridgehead atoms. The van der Waals surface area contributed by atoms with Crippen molar-refractivity contribution < 1.29 is 19.4 Å². The molecule has 0 aromatic heterocycles. The maximum atomic E-state index is 12.0. The predicted molar refractivity (Wildman–Crippen MR) is 87.3 cm³/mol. The molecule has 1 aliphatic heterocycles. The lowest BCUT2D eigenvalue weighted by atomic mass is 10.1. The van der Waals surface area contributed by atoms with Crippen LogP contribution in [0.5, 0.6) is 0 Å². The standard InChI is InChI=1S/C17H24N2O4/c1-12(2)23-17(22)13-5-7-14(8-6-13)18-16(21)11-19-9-3-4-15(20)10-19/h5-8,12,15,20H,3-4,9-11H2,1-2H3,(H,18,21)/t15-/m1/s1. The van der Waals surface area contributed by atoms with Gasteiger partial charge in [0.15, 0.2) is 0 Å². The fraction of sp³-hybridized carbons (Fsp3) is 0.529. The van der Waals surface area contributed by atoms with Crippen LogP contribution >= 0.6 is 0 Å². The SMILES string of the molecule is CC(C)OC(=O)c1ccc(NC(=O)CN2CCC[C@@H](O)C2)cc1. The molecule has 6 nitrogen and oxygen atoms in total. The van der Waals surface area contributed by atoms with E-state index in [1.54, 1.807) is 38.1 Å². The lowest BCUT2D eigenvalue weighted by Gasteiger charge is -2.29. The molecule has 2 N–H and O–H groups in total. The second-order valence-electron chi connectivity index (χ2n) is 6.11. The summed E-state index contributed by atoms with van der Waals surface area (Å²) >= 11 is 0. The fourth-order valence-corrected chi connectivity index (χ4v) is 2.55. The van der Waals surface area contributed by atoms with Crippen LogP contribution in [0.3, 0.4) is 0 Å². The van der Waals surface area contributed by atoms with Crippen LogP contribution in [0.2, 0.25) is 0 Å². The molecule has 1 aromatic carbocycles. The number of nitrogens with one attached hydrogen (secondary N) is 1. The summed E-state index contributed by atoms with van der Waals surface area (Å²) in [6, 6.07) is 6.62. The first kappa shape index (κ1) is 17.4. The molecule has 2 rings (SSSR count). The van der Waals surface area contributed by atoms with Gasteiger partial charge in [-0.2, -0.15) is 0 Å². The first-order valence-corrected chi connectivity index (χ1v) is 7.95. The Morgan fingerprint density at radius 3 is 2.65 bits per heavy atom. The number of esters is 1. The van der Waals surface area contributed by atoms with E-state index < -0.39 is 0 Å². The van der Waals surface area contributed by atoms with E-state index in [0.29, 0.717) is 17.8 Å². The highest BCUT2D eigenvalue weighted by Crippen LogP contribution is 2.13. The van der Waals surface area contributed by atoms with Crippen LogP contribution in [0.4, 0.5) is 5.69 Å². The third kappa shape index (κ3) is 5.65. The van der Waals surface area contributed by atoms with Crippen molar-refractivity contribution in [3.05, 3.63) is 29.8 Å². The van der Waals surface area contributed by atoms with Gasteiger partial charge >= 0.3 is 5.97 Å². The lowest BCUT2D eigenvalue weighted by molar-refractivity contribution is -0.118. The number of anilines is 1. The zero-order valence-electron chi connectivity index (χ0n) is 13.6. The van der Waals surface area contributed by atoms with E-state index in [-0.39, 0.29) is 30.6 Å². The normalized spacial score (nSPS) is 18.7. The monoisotopic (exact) mass is 320 g/mol. The summed E-state index contributed by atoms with van der Waals surface area (Å²) in [5.41, 5.74) is 1.09. The van der Waals surface area contributed by atoms with E-state index in [2.05, 4.69) is 5.32 Å². The summed E-state index contributed by atoms with van der Waals surface area (Å²) < 4.78 is 5.11. The Balaban J connectivity index is 1.85. The van der Waals surface area contributed by atoms with Crippen LogP contribution in [0.1, 0.15) is 37.0 Å². The van der Waals surface area contributed by atoms with Gasteiger partial charge in [-0.3, -0.25) is 9.69 Å². The third-order valence-electron chi connectivity index (χ3n) is 3.59. The summed E-state index contributed by atoms with van der Waals surface area (Å²) in [5, 5.41) is 12.4. The van der Waals surface area contributed by atoms with Crippen LogP contribution in [0.25, 0.3) is 0 Å². The summed E-state index contributed by atoms with van der Waals surface area (Å²) in [5.74, 6) is -0.503. The Hall–Kier alpha value is -1.92. The molecule has 6 heteroatoms. The number of piperidine rings is 1. The lowest BCUT2D eigenvalue weighted by Crippen LogP contribution is -2.42. The fourth-order valence-electron chi connectivity index (χ4n) is 2.55. The molecule has 23 heavy (non-hydrogen) atoms. The molecule has 1 aromatic rings. The maximum Gasteiger partial charge on any atom is 0.338 e. The van der Waals surface area contributed by atoms with E-state index in [9.17, 15) is 14.7 Å². The van der Waals surface area contributed by atoms with Crippen molar-refractivity contribution in [1.82, 2.24) is 4.90 Å². The highest BCUT2D eigenvalue weighted by molar-refractivity contribution is 5.94. The molecule has 1 heterocycles. The molecule has 1 atom stereocenters. The number of nitrogens with zero attached hydrogens (tertiary/aromatic N) is 1. The van der Waals surface area contributed by atoms with Crippen molar-refractivity contribution in [3.8, 4) is 0 Å². The summed E-state index contributed by atoms with van der Waals surface area (Å²) in [6.45, 7) is 5.21. The molecule has 1 aliphatic rings. The van der Waals surface area contributed by atoms with Gasteiger partial charge in [0.05, 0.1) is 24.3 Å².